The third-order valence-electron chi connectivity index (χ3n) is 7.02. The van der Waals surface area contributed by atoms with E-state index < -0.39 is 0 Å². The van der Waals surface area contributed by atoms with E-state index in [2.05, 4.69) is 36.2 Å². The van der Waals surface area contributed by atoms with Crippen LogP contribution in [0.1, 0.15) is 57.9 Å². The topological polar surface area (TPSA) is 52.7 Å². The summed E-state index contributed by atoms with van der Waals surface area (Å²) in [5.41, 5.74) is 1.25. The van der Waals surface area contributed by atoms with E-state index in [4.69, 9.17) is 0 Å². The molecule has 5 heteroatoms. The number of rotatable bonds is 9. The van der Waals surface area contributed by atoms with E-state index in [9.17, 15) is 9.59 Å². The van der Waals surface area contributed by atoms with Crippen LogP contribution in [0, 0.1) is 11.8 Å². The Kier molecular flexibility index (Phi) is 8.74. The summed E-state index contributed by atoms with van der Waals surface area (Å²) in [5, 5.41) is 3.21. The highest BCUT2D eigenvalue weighted by Crippen LogP contribution is 2.31. The Balaban J connectivity index is 1.56. The SMILES string of the molecule is CCC(CC)C(=O)N1CCN(C(C(=O)NCCc2ccccc2)C2CCCC2)CC1. The van der Waals surface area contributed by atoms with Crippen LogP contribution in [0.15, 0.2) is 30.3 Å². The highest BCUT2D eigenvalue weighted by Gasteiger charge is 2.37. The second kappa shape index (κ2) is 11.5. The van der Waals surface area contributed by atoms with Gasteiger partial charge in [-0.3, -0.25) is 14.5 Å². The van der Waals surface area contributed by atoms with E-state index in [0.717, 1.165) is 58.3 Å². The molecule has 0 radical (unpaired) electrons. The van der Waals surface area contributed by atoms with Gasteiger partial charge in [0, 0.05) is 38.6 Å². The van der Waals surface area contributed by atoms with Gasteiger partial charge in [-0.05, 0) is 43.6 Å². The van der Waals surface area contributed by atoms with Crippen molar-refractivity contribution in [1.29, 1.82) is 0 Å². The minimum Gasteiger partial charge on any atom is -0.354 e. The van der Waals surface area contributed by atoms with Crippen LogP contribution in [0.2, 0.25) is 0 Å². The van der Waals surface area contributed by atoms with E-state index in [1.165, 1.54) is 18.4 Å². The molecule has 1 aliphatic heterocycles. The lowest BCUT2D eigenvalue weighted by molar-refractivity contribution is -0.139. The minimum absolute atomic E-state index is 0.0475. The van der Waals surface area contributed by atoms with Crippen molar-refractivity contribution in [2.75, 3.05) is 32.7 Å². The van der Waals surface area contributed by atoms with Crippen LogP contribution >= 0.6 is 0 Å². The van der Waals surface area contributed by atoms with Gasteiger partial charge in [0.2, 0.25) is 11.8 Å². The second-order valence-corrected chi connectivity index (χ2v) is 8.89. The molecule has 1 aromatic rings. The number of piperazine rings is 1. The molecular weight excluding hydrogens is 374 g/mol. The van der Waals surface area contributed by atoms with Gasteiger partial charge >= 0.3 is 0 Å². The van der Waals surface area contributed by atoms with Crippen molar-refractivity contribution in [2.24, 2.45) is 11.8 Å². The molecule has 166 valence electrons. The summed E-state index contributed by atoms with van der Waals surface area (Å²) in [6.07, 6.45) is 7.42. The first-order valence-electron chi connectivity index (χ1n) is 12.0. The van der Waals surface area contributed by atoms with Crippen molar-refractivity contribution in [3.8, 4) is 0 Å². The lowest BCUT2D eigenvalue weighted by Gasteiger charge is -2.41. The van der Waals surface area contributed by atoms with Gasteiger partial charge in [-0.25, -0.2) is 0 Å². The third kappa shape index (κ3) is 5.84. The van der Waals surface area contributed by atoms with Gasteiger partial charge in [0.15, 0.2) is 0 Å². The summed E-state index contributed by atoms with van der Waals surface area (Å²) < 4.78 is 0. The normalized spacial score (nSPS) is 19.2. The highest BCUT2D eigenvalue weighted by atomic mass is 16.2. The number of nitrogens with one attached hydrogen (secondary N) is 1. The zero-order valence-corrected chi connectivity index (χ0v) is 18.8. The summed E-state index contributed by atoms with van der Waals surface area (Å²) in [4.78, 5) is 30.3. The number of carbonyl (C=O) groups excluding carboxylic acids is 2. The first-order chi connectivity index (χ1) is 14.6. The van der Waals surface area contributed by atoms with Gasteiger partial charge < -0.3 is 10.2 Å². The van der Waals surface area contributed by atoms with Crippen LogP contribution in [-0.2, 0) is 16.0 Å². The zero-order valence-electron chi connectivity index (χ0n) is 18.8. The first-order valence-corrected chi connectivity index (χ1v) is 12.0. The second-order valence-electron chi connectivity index (χ2n) is 8.89. The van der Waals surface area contributed by atoms with E-state index in [-0.39, 0.29) is 17.9 Å². The van der Waals surface area contributed by atoms with E-state index in [1.807, 2.05) is 23.1 Å². The summed E-state index contributed by atoms with van der Waals surface area (Å²) in [5.74, 6) is 1.06. The maximum absolute atomic E-state index is 13.2. The molecular formula is C25H39N3O2. The van der Waals surface area contributed by atoms with Gasteiger partial charge in [-0.15, -0.1) is 0 Å². The van der Waals surface area contributed by atoms with Crippen molar-refractivity contribution < 1.29 is 9.59 Å². The summed E-state index contributed by atoms with van der Waals surface area (Å²) in [6, 6.07) is 10.3. The van der Waals surface area contributed by atoms with Crippen molar-refractivity contribution in [3.05, 3.63) is 35.9 Å². The lowest BCUT2D eigenvalue weighted by Crippen LogP contribution is -2.58. The molecule has 5 nitrogen and oxygen atoms in total. The average Bonchev–Trinajstić information content (AvgIpc) is 3.30. The largest absolute Gasteiger partial charge is 0.354 e. The van der Waals surface area contributed by atoms with Crippen LogP contribution in [0.5, 0.6) is 0 Å². The predicted octanol–water partition coefficient (Wildman–Crippen LogP) is 3.48. The average molecular weight is 414 g/mol. The molecule has 0 aromatic heterocycles. The van der Waals surface area contributed by atoms with Crippen molar-refractivity contribution in [2.45, 2.75) is 64.8 Å². The Hall–Kier alpha value is -1.88. The molecule has 1 aliphatic carbocycles. The zero-order chi connectivity index (χ0) is 21.3. The molecule has 0 bridgehead atoms. The molecule has 2 fully saturated rings. The van der Waals surface area contributed by atoms with Crippen LogP contribution in [0.25, 0.3) is 0 Å². The molecule has 1 unspecified atom stereocenters. The smallest absolute Gasteiger partial charge is 0.237 e. The van der Waals surface area contributed by atoms with Gasteiger partial charge in [0.25, 0.3) is 0 Å². The Morgan fingerprint density at radius 2 is 1.63 bits per heavy atom. The Labute approximate surface area is 182 Å². The third-order valence-corrected chi connectivity index (χ3v) is 7.02. The molecule has 1 heterocycles. The van der Waals surface area contributed by atoms with Gasteiger partial charge in [0.05, 0.1) is 6.04 Å². The van der Waals surface area contributed by atoms with Crippen LogP contribution in [0.3, 0.4) is 0 Å². The molecule has 0 spiro atoms. The number of carbonyl (C=O) groups is 2. The van der Waals surface area contributed by atoms with Crippen LogP contribution < -0.4 is 5.32 Å². The Morgan fingerprint density at radius 3 is 2.23 bits per heavy atom. The number of amides is 2. The Bertz CT molecular complexity index is 660. The molecule has 1 saturated carbocycles. The van der Waals surface area contributed by atoms with E-state index >= 15 is 0 Å². The fraction of sp³-hybridized carbons (Fsp3) is 0.680. The summed E-state index contributed by atoms with van der Waals surface area (Å²) in [7, 11) is 0. The number of hydrogen-bond donors (Lipinski definition) is 1. The molecule has 30 heavy (non-hydrogen) atoms. The standard InChI is InChI=1S/C25H39N3O2/c1-3-21(4-2)25(30)28-18-16-27(17-19-28)23(22-12-8-9-13-22)24(29)26-15-14-20-10-6-5-7-11-20/h5-7,10-11,21-23H,3-4,8-9,12-19H2,1-2H3,(H,26,29). The van der Waals surface area contributed by atoms with E-state index in [1.54, 1.807) is 0 Å². The molecule has 1 atom stereocenters. The van der Waals surface area contributed by atoms with Crippen LogP contribution in [-0.4, -0.2) is 60.4 Å². The highest BCUT2D eigenvalue weighted by molar-refractivity contribution is 5.82. The quantitative estimate of drug-likeness (QED) is 0.674. The Morgan fingerprint density at radius 1 is 1.00 bits per heavy atom. The van der Waals surface area contributed by atoms with Gasteiger partial charge in [0.1, 0.15) is 0 Å². The number of nitrogens with zero attached hydrogens (tertiary/aromatic N) is 2. The molecule has 1 aromatic carbocycles. The van der Waals surface area contributed by atoms with Crippen LogP contribution in [0.4, 0.5) is 0 Å². The van der Waals surface area contributed by atoms with Crippen molar-refractivity contribution in [1.82, 2.24) is 15.1 Å². The number of hydrogen-bond acceptors (Lipinski definition) is 3. The van der Waals surface area contributed by atoms with Crippen molar-refractivity contribution in [3.63, 3.8) is 0 Å². The molecule has 1 saturated heterocycles. The monoisotopic (exact) mass is 413 g/mol. The molecule has 1 N–H and O–H groups in total. The molecule has 2 aliphatic rings. The first kappa shape index (κ1) is 22.8. The fourth-order valence-corrected chi connectivity index (χ4v) is 5.15. The minimum atomic E-state index is -0.0475. The molecule has 2 amide bonds. The predicted molar refractivity (Wildman–Crippen MR) is 121 cm³/mol. The van der Waals surface area contributed by atoms with E-state index in [0.29, 0.717) is 18.4 Å². The van der Waals surface area contributed by atoms with Crippen molar-refractivity contribution >= 4 is 11.8 Å². The van der Waals surface area contributed by atoms with Gasteiger partial charge in [-0.1, -0.05) is 57.0 Å². The summed E-state index contributed by atoms with van der Waals surface area (Å²) in [6.45, 7) is 7.97. The fourth-order valence-electron chi connectivity index (χ4n) is 5.15. The van der Waals surface area contributed by atoms with Gasteiger partial charge in [-0.2, -0.15) is 0 Å². The number of benzene rings is 1. The molecule has 3 rings (SSSR count). The maximum atomic E-state index is 13.2. The summed E-state index contributed by atoms with van der Waals surface area (Å²) >= 11 is 0. The lowest BCUT2D eigenvalue weighted by atomic mass is 9.94. The maximum Gasteiger partial charge on any atom is 0.237 e.